The number of carbonyl (C=O) groups excluding carboxylic acids is 1. The molecule has 0 radical (unpaired) electrons. The van der Waals surface area contributed by atoms with Crippen LogP contribution in [0, 0.1) is 11.2 Å². The zero-order valence-corrected chi connectivity index (χ0v) is 10.7. The Morgan fingerprint density at radius 2 is 2.10 bits per heavy atom. The lowest BCUT2D eigenvalue weighted by Gasteiger charge is -2.29. The second-order valence-corrected chi connectivity index (χ2v) is 4.66. The van der Waals surface area contributed by atoms with E-state index in [0.717, 1.165) is 6.07 Å². The fourth-order valence-corrected chi connectivity index (χ4v) is 2.36. The molecule has 2 rings (SSSR count). The number of alkyl halides is 3. The van der Waals surface area contributed by atoms with Gasteiger partial charge in [0.15, 0.2) is 17.3 Å². The third-order valence-electron chi connectivity index (χ3n) is 3.56. The average molecular weight is 291 g/mol. The van der Waals surface area contributed by atoms with Crippen molar-refractivity contribution >= 4 is 5.78 Å². The number of methoxy groups -OCH3 is 1. The Morgan fingerprint density at radius 1 is 1.40 bits per heavy atom. The van der Waals surface area contributed by atoms with Crippen LogP contribution < -0.4 is 10.1 Å². The summed E-state index contributed by atoms with van der Waals surface area (Å²) in [6.07, 6.45) is -5.13. The van der Waals surface area contributed by atoms with E-state index in [0.29, 0.717) is 0 Å². The van der Waals surface area contributed by atoms with Gasteiger partial charge in [-0.15, -0.1) is 0 Å². The van der Waals surface area contributed by atoms with Gasteiger partial charge in [0.1, 0.15) is 5.41 Å². The van der Waals surface area contributed by atoms with Gasteiger partial charge in [0, 0.05) is 6.54 Å². The molecule has 1 fully saturated rings. The maximum Gasteiger partial charge on any atom is 0.402 e. The molecule has 1 aliphatic heterocycles. The molecular formula is C13H13F4NO2. The Morgan fingerprint density at radius 3 is 2.60 bits per heavy atom. The minimum Gasteiger partial charge on any atom is -0.494 e. The number of benzene rings is 1. The van der Waals surface area contributed by atoms with Gasteiger partial charge >= 0.3 is 6.18 Å². The molecule has 110 valence electrons. The molecule has 0 spiro atoms. The van der Waals surface area contributed by atoms with Crippen LogP contribution in [0.15, 0.2) is 18.2 Å². The minimum absolute atomic E-state index is 0.0663. The summed E-state index contributed by atoms with van der Waals surface area (Å²) in [6.45, 7) is -0.469. The molecule has 1 N–H and O–H groups in total. The summed E-state index contributed by atoms with van der Waals surface area (Å²) >= 11 is 0. The van der Waals surface area contributed by atoms with Crippen molar-refractivity contribution in [1.29, 1.82) is 0 Å². The van der Waals surface area contributed by atoms with Gasteiger partial charge in [-0.1, -0.05) is 6.07 Å². The highest BCUT2D eigenvalue weighted by molar-refractivity contribution is 6.02. The highest BCUT2D eigenvalue weighted by atomic mass is 19.4. The minimum atomic E-state index is -4.73. The summed E-state index contributed by atoms with van der Waals surface area (Å²) in [5.41, 5.74) is -3.16. The van der Waals surface area contributed by atoms with Gasteiger partial charge in [0.2, 0.25) is 0 Å². The quantitative estimate of drug-likeness (QED) is 0.687. The van der Waals surface area contributed by atoms with Gasteiger partial charge in [-0.2, -0.15) is 13.2 Å². The number of halogens is 4. The van der Waals surface area contributed by atoms with E-state index in [-0.39, 0.29) is 12.3 Å². The highest BCUT2D eigenvalue weighted by Crippen LogP contribution is 2.45. The van der Waals surface area contributed by atoms with Gasteiger partial charge in [0.05, 0.1) is 12.7 Å². The van der Waals surface area contributed by atoms with Crippen molar-refractivity contribution < 1.29 is 27.1 Å². The smallest absolute Gasteiger partial charge is 0.402 e. The number of ether oxygens (including phenoxy) is 1. The number of nitrogens with one attached hydrogen (secondary N) is 1. The Kier molecular flexibility index (Phi) is 3.73. The molecule has 7 heteroatoms. The SMILES string of the molecule is COc1cccc(C(=O)C2(C(F)(F)F)CCNC2)c1F. The first kappa shape index (κ1) is 14.8. The fourth-order valence-electron chi connectivity index (χ4n) is 2.36. The number of hydrogen-bond acceptors (Lipinski definition) is 3. The van der Waals surface area contributed by atoms with Crippen LogP contribution >= 0.6 is 0 Å². The van der Waals surface area contributed by atoms with Gasteiger partial charge in [-0.25, -0.2) is 4.39 Å². The monoisotopic (exact) mass is 291 g/mol. The van der Waals surface area contributed by atoms with Crippen LogP contribution in [-0.2, 0) is 0 Å². The largest absolute Gasteiger partial charge is 0.494 e. The Labute approximate surface area is 112 Å². The van der Waals surface area contributed by atoms with Crippen LogP contribution in [0.2, 0.25) is 0 Å². The van der Waals surface area contributed by atoms with Crippen LogP contribution in [0.25, 0.3) is 0 Å². The van der Waals surface area contributed by atoms with Gasteiger partial charge in [0.25, 0.3) is 0 Å². The molecular weight excluding hydrogens is 278 g/mol. The number of ketones is 1. The van der Waals surface area contributed by atoms with Gasteiger partial charge in [-0.3, -0.25) is 4.79 Å². The third kappa shape index (κ3) is 2.15. The van der Waals surface area contributed by atoms with Crippen molar-refractivity contribution in [2.75, 3.05) is 20.2 Å². The summed E-state index contributed by atoms with van der Waals surface area (Å²) in [5, 5.41) is 2.52. The zero-order chi connectivity index (χ0) is 15.0. The first-order chi connectivity index (χ1) is 9.33. The van der Waals surface area contributed by atoms with E-state index in [1.165, 1.54) is 19.2 Å². The van der Waals surface area contributed by atoms with Crippen LogP contribution in [-0.4, -0.2) is 32.2 Å². The molecule has 0 bridgehead atoms. The second kappa shape index (κ2) is 5.05. The van der Waals surface area contributed by atoms with Crippen LogP contribution in [0.1, 0.15) is 16.8 Å². The lowest BCUT2D eigenvalue weighted by Crippen LogP contribution is -2.47. The molecule has 1 atom stereocenters. The molecule has 0 aliphatic carbocycles. The molecule has 0 aromatic heterocycles. The topological polar surface area (TPSA) is 38.3 Å². The first-order valence-corrected chi connectivity index (χ1v) is 5.98. The lowest BCUT2D eigenvalue weighted by molar-refractivity contribution is -0.197. The summed E-state index contributed by atoms with van der Waals surface area (Å²) in [5.74, 6) is -2.57. The van der Waals surface area contributed by atoms with E-state index in [2.05, 4.69) is 5.32 Å². The molecule has 3 nitrogen and oxygen atoms in total. The molecule has 1 aromatic rings. The van der Waals surface area contributed by atoms with Crippen LogP contribution in [0.5, 0.6) is 5.75 Å². The molecule has 1 aromatic carbocycles. The predicted molar refractivity (Wildman–Crippen MR) is 63.3 cm³/mol. The lowest BCUT2D eigenvalue weighted by atomic mass is 9.78. The summed E-state index contributed by atoms with van der Waals surface area (Å²) in [7, 11) is 1.18. The normalized spacial score (nSPS) is 22.9. The number of carbonyl (C=O) groups is 1. The zero-order valence-electron chi connectivity index (χ0n) is 10.7. The van der Waals surface area contributed by atoms with E-state index in [1.807, 2.05) is 0 Å². The molecule has 20 heavy (non-hydrogen) atoms. The highest BCUT2D eigenvalue weighted by Gasteiger charge is 2.61. The maximum absolute atomic E-state index is 14.0. The van der Waals surface area contributed by atoms with Crippen molar-refractivity contribution in [2.45, 2.75) is 12.6 Å². The third-order valence-corrected chi connectivity index (χ3v) is 3.56. The predicted octanol–water partition coefficient (Wildman–Crippen LogP) is 2.56. The second-order valence-electron chi connectivity index (χ2n) is 4.66. The molecule has 1 heterocycles. The van der Waals surface area contributed by atoms with Crippen molar-refractivity contribution in [2.24, 2.45) is 5.41 Å². The van der Waals surface area contributed by atoms with E-state index in [1.54, 1.807) is 0 Å². The first-order valence-electron chi connectivity index (χ1n) is 5.98. The number of rotatable bonds is 3. The van der Waals surface area contributed by atoms with Crippen molar-refractivity contribution in [3.05, 3.63) is 29.6 Å². The van der Waals surface area contributed by atoms with Crippen molar-refractivity contribution in [3.8, 4) is 5.75 Å². The number of hydrogen-bond donors (Lipinski definition) is 1. The van der Waals surface area contributed by atoms with E-state index in [4.69, 9.17) is 4.74 Å². The Hall–Kier alpha value is -1.63. The molecule has 1 unspecified atom stereocenters. The summed E-state index contributed by atoms with van der Waals surface area (Å²) in [6, 6.07) is 3.59. The van der Waals surface area contributed by atoms with E-state index in [9.17, 15) is 22.4 Å². The van der Waals surface area contributed by atoms with E-state index >= 15 is 0 Å². The molecule has 1 saturated heterocycles. The van der Waals surface area contributed by atoms with Crippen LogP contribution in [0.3, 0.4) is 0 Å². The van der Waals surface area contributed by atoms with Crippen LogP contribution in [0.4, 0.5) is 17.6 Å². The van der Waals surface area contributed by atoms with Gasteiger partial charge in [-0.05, 0) is 25.1 Å². The standard InChI is InChI=1S/C13H13F4NO2/c1-20-9-4-2-3-8(10(9)14)11(19)12(13(15,16)17)5-6-18-7-12/h2-4,18H,5-7H2,1H3. The summed E-state index contributed by atoms with van der Waals surface area (Å²) in [4.78, 5) is 12.2. The summed E-state index contributed by atoms with van der Waals surface area (Å²) < 4.78 is 58.4. The van der Waals surface area contributed by atoms with Gasteiger partial charge < -0.3 is 10.1 Å². The van der Waals surface area contributed by atoms with Crippen molar-refractivity contribution in [1.82, 2.24) is 5.32 Å². The molecule has 0 amide bonds. The van der Waals surface area contributed by atoms with E-state index < -0.39 is 41.7 Å². The molecule has 1 aliphatic rings. The Balaban J connectivity index is 2.49. The number of Topliss-reactive ketones (excluding diaryl/α,β-unsaturated/α-hetero) is 1. The fraction of sp³-hybridized carbons (Fsp3) is 0.462. The maximum atomic E-state index is 14.0. The Bertz CT molecular complexity index is 522. The molecule has 0 saturated carbocycles. The van der Waals surface area contributed by atoms with Crippen molar-refractivity contribution in [3.63, 3.8) is 0 Å². The average Bonchev–Trinajstić information content (AvgIpc) is 2.88.